The van der Waals surface area contributed by atoms with Gasteiger partial charge in [0.2, 0.25) is 11.8 Å². The molecule has 0 aromatic carbocycles. The van der Waals surface area contributed by atoms with Crippen LogP contribution in [-0.2, 0) is 14.2 Å². The molecule has 0 fully saturated rings. The number of imide groups is 1. The van der Waals surface area contributed by atoms with Gasteiger partial charge in [-0.3, -0.25) is 19.1 Å². The second-order valence-corrected chi connectivity index (χ2v) is 7.36. The quantitative estimate of drug-likeness (QED) is 0.448. The highest BCUT2D eigenvalue weighted by Gasteiger charge is 2.40. The third kappa shape index (κ3) is 5.51. The minimum absolute atomic E-state index is 0.302. The van der Waals surface area contributed by atoms with E-state index in [1.54, 1.807) is 0 Å². The van der Waals surface area contributed by atoms with Crippen LogP contribution < -0.4 is 11.5 Å². The molecule has 0 bridgehead atoms. The van der Waals surface area contributed by atoms with Crippen molar-refractivity contribution in [3.8, 4) is 0 Å². The maximum atomic E-state index is 12.2. The van der Waals surface area contributed by atoms with E-state index in [0.29, 0.717) is 17.1 Å². The highest BCUT2D eigenvalue weighted by Crippen LogP contribution is 2.43. The van der Waals surface area contributed by atoms with Crippen LogP contribution in [-0.4, -0.2) is 56.4 Å². The van der Waals surface area contributed by atoms with Crippen molar-refractivity contribution in [1.82, 2.24) is 4.90 Å². The molecule has 0 saturated heterocycles. The third-order valence-electron chi connectivity index (χ3n) is 2.68. The molecule has 8 nitrogen and oxygen atoms in total. The van der Waals surface area contributed by atoms with Crippen LogP contribution in [0.2, 0.25) is 0 Å². The molecule has 2 amide bonds. The number of carbonyl (C=O) groups excluding carboxylic acids is 2. The van der Waals surface area contributed by atoms with Crippen LogP contribution in [0.3, 0.4) is 0 Å². The summed E-state index contributed by atoms with van der Waals surface area (Å²) in [5.74, 6) is -2.67. The highest BCUT2D eigenvalue weighted by atomic mass is 32.2. The summed E-state index contributed by atoms with van der Waals surface area (Å²) in [5, 5.41) is 0. The van der Waals surface area contributed by atoms with E-state index in [4.69, 9.17) is 11.5 Å². The summed E-state index contributed by atoms with van der Waals surface area (Å²) in [6.07, 6.45) is 2.14. The SMILES string of the molecule is CSCC[C@H](N)C(=O)N(C(=O)[C@H](C)N)[C@@H](C)P(=O)(O)O. The first kappa shape index (κ1) is 19.6. The zero-order chi connectivity index (χ0) is 16.1. The molecule has 0 saturated carbocycles. The second-order valence-electron chi connectivity index (χ2n) is 4.44. The first-order valence-electron chi connectivity index (χ1n) is 5.96. The van der Waals surface area contributed by atoms with Gasteiger partial charge in [-0.2, -0.15) is 11.8 Å². The van der Waals surface area contributed by atoms with Crippen LogP contribution in [0.25, 0.3) is 0 Å². The number of carbonyl (C=O) groups is 2. The number of hydrogen-bond donors (Lipinski definition) is 4. The molecule has 0 rings (SSSR count). The van der Waals surface area contributed by atoms with Crippen molar-refractivity contribution in [3.63, 3.8) is 0 Å². The number of nitrogens with two attached hydrogens (primary N) is 2. The topological polar surface area (TPSA) is 147 Å². The van der Waals surface area contributed by atoms with Crippen molar-refractivity contribution in [1.29, 1.82) is 0 Å². The second kappa shape index (κ2) is 8.11. The van der Waals surface area contributed by atoms with E-state index < -0.39 is 37.3 Å². The van der Waals surface area contributed by atoms with E-state index in [1.165, 1.54) is 18.7 Å². The summed E-state index contributed by atoms with van der Waals surface area (Å²) in [6.45, 7) is 2.43. The van der Waals surface area contributed by atoms with Crippen LogP contribution in [0.15, 0.2) is 0 Å². The number of amides is 2. The van der Waals surface area contributed by atoms with Gasteiger partial charge >= 0.3 is 7.60 Å². The molecule has 118 valence electrons. The summed E-state index contributed by atoms with van der Waals surface area (Å²) in [7, 11) is -4.66. The van der Waals surface area contributed by atoms with Crippen molar-refractivity contribution < 1.29 is 23.9 Å². The lowest BCUT2D eigenvalue weighted by atomic mass is 10.2. The maximum Gasteiger partial charge on any atom is 0.348 e. The Morgan fingerprint density at radius 1 is 1.25 bits per heavy atom. The normalized spacial score (nSPS) is 16.4. The molecule has 0 spiro atoms. The first-order chi connectivity index (χ1) is 9.03. The molecule has 3 atom stereocenters. The van der Waals surface area contributed by atoms with E-state index >= 15 is 0 Å². The minimum Gasteiger partial charge on any atom is -0.323 e. The van der Waals surface area contributed by atoms with Crippen LogP contribution >= 0.6 is 19.4 Å². The van der Waals surface area contributed by atoms with Gasteiger partial charge in [0.15, 0.2) is 0 Å². The summed E-state index contributed by atoms with van der Waals surface area (Å²) in [5.41, 5.74) is 11.1. The Balaban J connectivity index is 5.28. The lowest BCUT2D eigenvalue weighted by molar-refractivity contribution is -0.147. The van der Waals surface area contributed by atoms with Crippen molar-refractivity contribution in [3.05, 3.63) is 0 Å². The largest absolute Gasteiger partial charge is 0.348 e. The standard InChI is InChI=1S/C10H22N3O5PS/c1-6(11)9(14)13(7(2)19(16,17)18)10(15)8(12)4-5-20-3/h6-8H,4-5,11-12H2,1-3H3,(H2,16,17,18)/t6-,7+,8-/m0/s1. The van der Waals surface area contributed by atoms with Crippen molar-refractivity contribution >= 4 is 31.2 Å². The molecule has 6 N–H and O–H groups in total. The Hall–Kier alpha value is -0.440. The van der Waals surface area contributed by atoms with Crippen LogP contribution in [0, 0.1) is 0 Å². The monoisotopic (exact) mass is 327 g/mol. The van der Waals surface area contributed by atoms with E-state index in [9.17, 15) is 23.9 Å². The number of hydrogen-bond acceptors (Lipinski definition) is 6. The Morgan fingerprint density at radius 3 is 2.10 bits per heavy atom. The van der Waals surface area contributed by atoms with Crippen molar-refractivity contribution in [2.75, 3.05) is 12.0 Å². The first-order valence-corrected chi connectivity index (χ1v) is 9.03. The number of thioether (sulfide) groups is 1. The van der Waals surface area contributed by atoms with Crippen LogP contribution in [0.4, 0.5) is 0 Å². The molecule has 0 aromatic heterocycles. The molecule has 0 aliphatic heterocycles. The number of rotatable bonds is 7. The predicted octanol–water partition coefficient (Wildman–Crippen LogP) is -0.707. The van der Waals surface area contributed by atoms with Gasteiger partial charge in [-0.1, -0.05) is 0 Å². The molecule has 0 aromatic rings. The van der Waals surface area contributed by atoms with Crippen molar-refractivity contribution in [2.45, 2.75) is 38.1 Å². The molecule has 10 heteroatoms. The van der Waals surface area contributed by atoms with Gasteiger partial charge in [-0.25, -0.2) is 0 Å². The summed E-state index contributed by atoms with van der Waals surface area (Å²) >= 11 is 1.47. The molecule has 0 aliphatic carbocycles. The van der Waals surface area contributed by atoms with E-state index in [2.05, 4.69) is 0 Å². The smallest absolute Gasteiger partial charge is 0.323 e. The Morgan fingerprint density at radius 2 is 1.75 bits per heavy atom. The highest BCUT2D eigenvalue weighted by molar-refractivity contribution is 7.98. The maximum absolute atomic E-state index is 12.2. The Labute approximate surface area is 122 Å². The summed E-state index contributed by atoms with van der Waals surface area (Å²) < 4.78 is 11.3. The van der Waals surface area contributed by atoms with Gasteiger partial charge in [0.25, 0.3) is 0 Å². The predicted molar refractivity (Wildman–Crippen MR) is 78.0 cm³/mol. The van der Waals surface area contributed by atoms with Gasteiger partial charge in [-0.05, 0) is 32.3 Å². The third-order valence-corrected chi connectivity index (χ3v) is 4.52. The lowest BCUT2D eigenvalue weighted by Gasteiger charge is -2.31. The van der Waals surface area contributed by atoms with Gasteiger partial charge in [0, 0.05) is 0 Å². The van der Waals surface area contributed by atoms with Gasteiger partial charge < -0.3 is 21.3 Å². The average molecular weight is 327 g/mol. The summed E-state index contributed by atoms with van der Waals surface area (Å²) in [6, 6.07) is -2.06. The molecule has 0 aliphatic rings. The van der Waals surface area contributed by atoms with Crippen LogP contribution in [0.1, 0.15) is 20.3 Å². The Kier molecular flexibility index (Phi) is 7.93. The molecule has 0 radical (unpaired) electrons. The zero-order valence-electron chi connectivity index (χ0n) is 11.7. The lowest BCUT2D eigenvalue weighted by Crippen LogP contribution is -2.54. The number of nitrogens with zero attached hydrogens (tertiary/aromatic N) is 1. The summed E-state index contributed by atoms with van der Waals surface area (Å²) in [4.78, 5) is 42.9. The fourth-order valence-electron chi connectivity index (χ4n) is 1.39. The van der Waals surface area contributed by atoms with Crippen molar-refractivity contribution in [2.24, 2.45) is 11.5 Å². The van der Waals surface area contributed by atoms with Gasteiger partial charge in [-0.15, -0.1) is 0 Å². The molecule has 0 heterocycles. The van der Waals surface area contributed by atoms with Gasteiger partial charge in [0.05, 0.1) is 12.1 Å². The molecule has 0 unspecified atom stereocenters. The minimum atomic E-state index is -4.66. The van der Waals surface area contributed by atoms with Crippen LogP contribution in [0.5, 0.6) is 0 Å². The van der Waals surface area contributed by atoms with E-state index in [1.807, 2.05) is 6.26 Å². The Bertz CT molecular complexity index is 400. The molecular weight excluding hydrogens is 305 g/mol. The zero-order valence-corrected chi connectivity index (χ0v) is 13.4. The molecule has 20 heavy (non-hydrogen) atoms. The molecular formula is C10H22N3O5PS. The fraction of sp³-hybridized carbons (Fsp3) is 0.800. The average Bonchev–Trinajstić information content (AvgIpc) is 2.34. The van der Waals surface area contributed by atoms with E-state index in [-0.39, 0.29) is 0 Å². The fourth-order valence-corrected chi connectivity index (χ4v) is 2.41. The van der Waals surface area contributed by atoms with Gasteiger partial charge in [0.1, 0.15) is 5.78 Å². The van der Waals surface area contributed by atoms with E-state index in [0.717, 1.165) is 6.92 Å².